The van der Waals surface area contributed by atoms with E-state index in [1.54, 1.807) is 13.0 Å². The third-order valence-electron chi connectivity index (χ3n) is 7.72. The molecule has 2 bridgehead atoms. The lowest BCUT2D eigenvalue weighted by atomic mass is 10.1. The maximum absolute atomic E-state index is 13.3. The lowest BCUT2D eigenvalue weighted by molar-refractivity contribution is -0.0619. The minimum absolute atomic E-state index is 0.0333. The number of aromatic nitrogens is 7. The molecule has 7 heterocycles. The number of fused-ring (bicyclic) bond motifs is 5. The summed E-state index contributed by atoms with van der Waals surface area (Å²) in [7, 11) is 0. The van der Waals surface area contributed by atoms with Gasteiger partial charge in [0.25, 0.3) is 11.1 Å². The SMILES string of the molecule is Cc1ccc2c(=O)n([C@@H]3O[C@@H]4COP(O)(=S)O[C@@H]5[C@H](O)[C@@H](COP(O)(=S)O[C@H]4[C@H]3O)O[C@H]5n3cnc4c(=O)[nH]c(N)nc43)cnc2n1. The Hall–Kier alpha value is -2.66. The monoisotopic (exact) mass is 732 g/mol. The molecule has 3 aliphatic heterocycles. The van der Waals surface area contributed by atoms with E-state index in [2.05, 4.69) is 24.9 Å². The van der Waals surface area contributed by atoms with Gasteiger partial charge in [0.05, 0.1) is 24.9 Å². The molecule has 24 heteroatoms. The third-order valence-corrected chi connectivity index (χ3v) is 10.8. The molecule has 0 saturated carbocycles. The largest absolute Gasteiger partial charge is 0.387 e. The van der Waals surface area contributed by atoms with Crippen molar-refractivity contribution >= 4 is 65.2 Å². The summed E-state index contributed by atoms with van der Waals surface area (Å²) in [4.78, 5) is 66.7. The average molecular weight is 733 g/mol. The van der Waals surface area contributed by atoms with Crippen molar-refractivity contribution in [2.75, 3.05) is 18.9 Å². The molecule has 0 spiro atoms. The van der Waals surface area contributed by atoms with Gasteiger partial charge in [0.1, 0.15) is 43.0 Å². The standard InChI is InChI=1S/C23H26N8O12P2S2/c1-8-2-3-9-17(27-8)26-7-31(20(9)35)21-14(33)15-11(41-21)5-39-45(37,47)43-16-13(32)10(4-38-44(36,46)42-15)40-22(16)30-6-25-12-18(30)28-23(24)29-19(12)34/h2-3,6-7,10-11,13-16,21-22,32-33H,4-5H2,1H3,(H,36,46)(H,37,47)(H3,24,28,29,34)/t10-,11-,13-,14-,15-,16-,21-,22-,44?,45?/m1/s1. The predicted molar refractivity (Wildman–Crippen MR) is 166 cm³/mol. The number of anilines is 1. The smallest absolute Gasteiger partial charge is 0.325 e. The summed E-state index contributed by atoms with van der Waals surface area (Å²) < 4.78 is 36.6. The Kier molecular flexibility index (Phi) is 8.42. The third kappa shape index (κ3) is 6.08. The number of nitrogens with zero attached hydrogens (tertiary/aromatic N) is 6. The van der Waals surface area contributed by atoms with Crippen LogP contribution in [0.4, 0.5) is 5.95 Å². The van der Waals surface area contributed by atoms with E-state index in [9.17, 15) is 29.6 Å². The summed E-state index contributed by atoms with van der Waals surface area (Å²) in [5.74, 6) is -0.226. The minimum atomic E-state index is -4.27. The number of imidazole rings is 1. The highest BCUT2D eigenvalue weighted by atomic mass is 32.5. The first-order valence-corrected chi connectivity index (χ1v) is 18.9. The highest BCUT2D eigenvalue weighted by Crippen LogP contribution is 2.53. The topological polar surface area (TPSA) is 274 Å². The van der Waals surface area contributed by atoms with Gasteiger partial charge in [-0.15, -0.1) is 0 Å². The van der Waals surface area contributed by atoms with Crippen LogP contribution in [0, 0.1) is 6.92 Å². The minimum Gasteiger partial charge on any atom is -0.387 e. The molecule has 252 valence electrons. The van der Waals surface area contributed by atoms with E-state index in [1.165, 1.54) is 17.0 Å². The van der Waals surface area contributed by atoms with Crippen LogP contribution in [0.3, 0.4) is 0 Å². The zero-order chi connectivity index (χ0) is 33.4. The van der Waals surface area contributed by atoms with Gasteiger partial charge in [-0.2, -0.15) is 4.98 Å². The molecule has 20 nitrogen and oxygen atoms in total. The Labute approximate surface area is 272 Å². The molecule has 4 aromatic rings. The highest BCUT2D eigenvalue weighted by molar-refractivity contribution is 8.07. The van der Waals surface area contributed by atoms with Crippen LogP contribution in [-0.2, 0) is 51.2 Å². The quantitative estimate of drug-likeness (QED) is 0.129. The number of ether oxygens (including phenoxy) is 2. The van der Waals surface area contributed by atoms with Crippen molar-refractivity contribution in [2.45, 2.75) is 56.0 Å². The van der Waals surface area contributed by atoms with E-state index in [0.29, 0.717) is 5.69 Å². The number of rotatable bonds is 2. The average Bonchev–Trinajstić information content (AvgIpc) is 3.64. The first kappa shape index (κ1) is 32.9. The number of hydrogen-bond acceptors (Lipinski definition) is 17. The van der Waals surface area contributed by atoms with E-state index in [1.807, 2.05) is 0 Å². The van der Waals surface area contributed by atoms with E-state index in [0.717, 1.165) is 10.9 Å². The Balaban J connectivity index is 1.21. The summed E-state index contributed by atoms with van der Waals surface area (Å²) in [6.07, 6.45) is -9.11. The summed E-state index contributed by atoms with van der Waals surface area (Å²) in [5.41, 5.74) is 5.17. The molecule has 2 unspecified atom stereocenters. The molecule has 7 rings (SSSR count). The van der Waals surface area contributed by atoms with Gasteiger partial charge >= 0.3 is 13.4 Å². The van der Waals surface area contributed by atoms with Crippen molar-refractivity contribution in [1.82, 2.24) is 34.1 Å². The van der Waals surface area contributed by atoms with E-state index in [4.69, 9.17) is 56.9 Å². The number of hydrogen-bond donors (Lipinski definition) is 6. The molecule has 3 fully saturated rings. The summed E-state index contributed by atoms with van der Waals surface area (Å²) >= 11 is 10.5. The Morgan fingerprint density at radius 2 is 1.57 bits per heavy atom. The zero-order valence-electron chi connectivity index (χ0n) is 23.9. The molecular formula is C23H26N8O12P2S2. The van der Waals surface area contributed by atoms with Crippen LogP contribution in [0.25, 0.3) is 22.2 Å². The number of pyridine rings is 1. The van der Waals surface area contributed by atoms with Gasteiger partial charge in [-0.3, -0.25) is 32.8 Å². The fourth-order valence-corrected chi connectivity index (χ4v) is 8.40. The maximum atomic E-state index is 13.3. The number of nitrogens with one attached hydrogen (secondary N) is 1. The van der Waals surface area contributed by atoms with Gasteiger partial charge in [0.2, 0.25) is 5.95 Å². The predicted octanol–water partition coefficient (Wildman–Crippen LogP) is -1.42. The molecule has 3 saturated heterocycles. The van der Waals surface area contributed by atoms with Gasteiger partial charge in [-0.1, -0.05) is 0 Å². The molecule has 7 N–H and O–H groups in total. The van der Waals surface area contributed by atoms with Gasteiger partial charge in [0.15, 0.2) is 29.3 Å². The van der Waals surface area contributed by atoms with Crippen LogP contribution < -0.4 is 16.9 Å². The summed E-state index contributed by atoms with van der Waals surface area (Å²) in [6, 6.07) is 3.16. The van der Waals surface area contributed by atoms with Crippen molar-refractivity contribution in [3.05, 3.63) is 51.2 Å². The van der Waals surface area contributed by atoms with E-state index < -0.39 is 86.8 Å². The number of aromatic amines is 1. The molecule has 0 aromatic carbocycles. The Morgan fingerprint density at radius 3 is 2.32 bits per heavy atom. The van der Waals surface area contributed by atoms with Crippen molar-refractivity contribution in [1.29, 1.82) is 0 Å². The molecular weight excluding hydrogens is 706 g/mol. The normalized spacial score (nSPS) is 36.5. The maximum Gasteiger partial charge on any atom is 0.325 e. The molecule has 10 atom stereocenters. The lowest BCUT2D eigenvalue weighted by Crippen LogP contribution is -2.37. The second kappa shape index (κ2) is 12.0. The lowest BCUT2D eigenvalue weighted by Gasteiger charge is -2.28. The van der Waals surface area contributed by atoms with Crippen LogP contribution in [-0.4, -0.2) is 104 Å². The summed E-state index contributed by atoms with van der Waals surface area (Å²) in [5, 5.41) is 22.6. The molecule has 4 aromatic heterocycles. The molecule has 3 aliphatic rings. The number of aryl methyl sites for hydroxylation is 1. The van der Waals surface area contributed by atoms with Crippen LogP contribution in [0.15, 0.2) is 34.4 Å². The van der Waals surface area contributed by atoms with Gasteiger partial charge in [-0.05, 0) is 42.7 Å². The number of aliphatic hydroxyl groups excluding tert-OH is 2. The van der Waals surface area contributed by atoms with Gasteiger partial charge in [-0.25, -0.2) is 15.0 Å². The van der Waals surface area contributed by atoms with Crippen LogP contribution in [0.2, 0.25) is 0 Å². The van der Waals surface area contributed by atoms with Gasteiger partial charge in [0, 0.05) is 5.69 Å². The highest BCUT2D eigenvalue weighted by Gasteiger charge is 2.52. The second-order valence-electron chi connectivity index (χ2n) is 10.8. The van der Waals surface area contributed by atoms with Gasteiger partial charge < -0.3 is 44.3 Å². The van der Waals surface area contributed by atoms with E-state index in [-0.39, 0.29) is 28.1 Å². The van der Waals surface area contributed by atoms with Crippen molar-refractivity contribution in [3.63, 3.8) is 0 Å². The Morgan fingerprint density at radius 1 is 0.915 bits per heavy atom. The van der Waals surface area contributed by atoms with Crippen LogP contribution in [0.5, 0.6) is 0 Å². The number of nitrogens with two attached hydrogens (primary N) is 1. The molecule has 47 heavy (non-hydrogen) atoms. The number of aliphatic hydroxyl groups is 2. The zero-order valence-corrected chi connectivity index (χ0v) is 27.3. The van der Waals surface area contributed by atoms with Crippen molar-refractivity contribution in [3.8, 4) is 0 Å². The fraction of sp³-hybridized carbons (Fsp3) is 0.478. The second-order valence-corrected chi connectivity index (χ2v) is 16.4. The van der Waals surface area contributed by atoms with Crippen LogP contribution in [0.1, 0.15) is 18.1 Å². The van der Waals surface area contributed by atoms with Crippen molar-refractivity contribution in [2.24, 2.45) is 0 Å². The van der Waals surface area contributed by atoms with Crippen LogP contribution >= 0.6 is 13.4 Å². The number of H-pyrrole nitrogens is 1. The first-order chi connectivity index (χ1) is 22.2. The molecule has 0 aliphatic carbocycles. The molecule has 0 radical (unpaired) electrons. The van der Waals surface area contributed by atoms with Crippen molar-refractivity contribution < 1.29 is 47.6 Å². The summed E-state index contributed by atoms with van der Waals surface area (Å²) in [6.45, 7) is -7.94. The Bertz CT molecular complexity index is 2100. The number of nitrogen functional groups attached to an aromatic ring is 1. The first-order valence-electron chi connectivity index (χ1n) is 13.8. The molecule has 0 amide bonds. The fourth-order valence-electron chi connectivity index (χ4n) is 5.54. The van der Waals surface area contributed by atoms with E-state index >= 15 is 0 Å².